The number of esters is 2. The summed E-state index contributed by atoms with van der Waals surface area (Å²) in [5.74, 6) is -1.47. The fourth-order valence-corrected chi connectivity index (χ4v) is 0.641. The Morgan fingerprint density at radius 2 is 1.71 bits per heavy atom. The summed E-state index contributed by atoms with van der Waals surface area (Å²) in [6, 6.07) is 0. The van der Waals surface area contributed by atoms with Crippen LogP contribution in [0.15, 0.2) is 12.2 Å². The lowest BCUT2D eigenvalue weighted by Gasteiger charge is -2.19. The zero-order valence-corrected chi connectivity index (χ0v) is 9.05. The Morgan fingerprint density at radius 3 is 2.07 bits per heavy atom. The van der Waals surface area contributed by atoms with E-state index < -0.39 is 17.5 Å². The highest BCUT2D eigenvalue weighted by Gasteiger charge is 2.23. The van der Waals surface area contributed by atoms with Crippen LogP contribution in [-0.2, 0) is 19.1 Å². The number of carbonyl (C=O) groups excluding carboxylic acids is 2. The van der Waals surface area contributed by atoms with Gasteiger partial charge in [0.15, 0.2) is 0 Å². The van der Waals surface area contributed by atoms with Gasteiger partial charge in [-0.15, -0.1) is 0 Å². The predicted molar refractivity (Wildman–Crippen MR) is 51.6 cm³/mol. The maximum atomic E-state index is 11.3. The van der Waals surface area contributed by atoms with Crippen molar-refractivity contribution in [3.63, 3.8) is 0 Å². The van der Waals surface area contributed by atoms with Gasteiger partial charge in [0.25, 0.3) is 0 Å². The molecule has 4 heteroatoms. The van der Waals surface area contributed by atoms with Crippen LogP contribution in [0.3, 0.4) is 0 Å². The van der Waals surface area contributed by atoms with Crippen LogP contribution in [0.1, 0.15) is 27.7 Å². The van der Waals surface area contributed by atoms with E-state index >= 15 is 0 Å². The van der Waals surface area contributed by atoms with Crippen molar-refractivity contribution in [3.8, 4) is 0 Å². The molecule has 0 N–H and O–H groups in total. The summed E-state index contributed by atoms with van der Waals surface area (Å²) in [5.41, 5.74) is -0.909. The third-order valence-electron chi connectivity index (χ3n) is 1.17. The molecule has 14 heavy (non-hydrogen) atoms. The number of carbonyl (C=O) groups is 2. The molecular formula is C10H16O4. The average Bonchev–Trinajstić information content (AvgIpc) is 2.00. The summed E-state index contributed by atoms with van der Waals surface area (Å²) in [7, 11) is 0. The first kappa shape index (κ1) is 12.7. The summed E-state index contributed by atoms with van der Waals surface area (Å²) in [5, 5.41) is 0. The molecule has 0 rings (SSSR count). The smallest absolute Gasteiger partial charge is 0.345 e. The first-order valence-corrected chi connectivity index (χ1v) is 4.37. The Bertz CT molecular complexity index is 247. The van der Waals surface area contributed by atoms with Gasteiger partial charge in [-0.1, -0.05) is 6.58 Å². The van der Waals surface area contributed by atoms with Crippen LogP contribution in [0.5, 0.6) is 0 Å². The van der Waals surface area contributed by atoms with Crippen LogP contribution < -0.4 is 0 Å². The van der Waals surface area contributed by atoms with Gasteiger partial charge in [-0.05, 0) is 27.7 Å². The zero-order chi connectivity index (χ0) is 11.4. The SMILES string of the molecule is C=C(C(=O)OCC)C(=O)OC(C)(C)C. The predicted octanol–water partition coefficient (Wildman–Crippen LogP) is 1.45. The minimum absolute atomic E-state index is 0.209. The Hall–Kier alpha value is -1.32. The monoisotopic (exact) mass is 200 g/mol. The summed E-state index contributed by atoms with van der Waals surface area (Å²) < 4.78 is 9.53. The molecule has 0 aromatic rings. The Morgan fingerprint density at radius 1 is 1.21 bits per heavy atom. The topological polar surface area (TPSA) is 52.6 Å². The Labute approximate surface area is 83.9 Å². The molecule has 0 saturated carbocycles. The molecular weight excluding hydrogens is 184 g/mol. The Kier molecular flexibility index (Phi) is 4.34. The van der Waals surface area contributed by atoms with Crippen molar-refractivity contribution in [2.75, 3.05) is 6.61 Å². The van der Waals surface area contributed by atoms with Crippen LogP contribution in [-0.4, -0.2) is 24.1 Å². The minimum atomic E-state index is -0.740. The molecule has 4 nitrogen and oxygen atoms in total. The fourth-order valence-electron chi connectivity index (χ4n) is 0.641. The van der Waals surface area contributed by atoms with Crippen LogP contribution in [0, 0.1) is 0 Å². The first-order valence-electron chi connectivity index (χ1n) is 4.37. The van der Waals surface area contributed by atoms with E-state index in [1.165, 1.54) is 0 Å². The maximum absolute atomic E-state index is 11.3. The molecule has 0 unspecified atom stereocenters. The molecule has 0 radical (unpaired) electrons. The summed E-state index contributed by atoms with van der Waals surface area (Å²) in [4.78, 5) is 22.3. The van der Waals surface area contributed by atoms with E-state index in [2.05, 4.69) is 11.3 Å². The molecule has 0 atom stereocenters. The fraction of sp³-hybridized carbons (Fsp3) is 0.600. The molecule has 0 aliphatic heterocycles. The van der Waals surface area contributed by atoms with Gasteiger partial charge in [0, 0.05) is 0 Å². The van der Waals surface area contributed by atoms with Gasteiger partial charge >= 0.3 is 11.9 Å². The van der Waals surface area contributed by atoms with Crippen molar-refractivity contribution in [1.29, 1.82) is 0 Å². The summed E-state index contributed by atoms with van der Waals surface area (Å²) >= 11 is 0. The molecule has 0 aliphatic carbocycles. The lowest BCUT2D eigenvalue weighted by molar-refractivity contribution is -0.154. The normalized spacial score (nSPS) is 10.6. The van der Waals surface area contributed by atoms with E-state index in [1.807, 2.05) is 0 Å². The second-order valence-electron chi connectivity index (χ2n) is 3.70. The number of ether oxygens (including phenoxy) is 2. The lowest BCUT2D eigenvalue weighted by Crippen LogP contribution is -2.27. The molecule has 80 valence electrons. The van der Waals surface area contributed by atoms with E-state index in [1.54, 1.807) is 27.7 Å². The molecule has 0 bridgehead atoms. The van der Waals surface area contributed by atoms with Gasteiger partial charge in [-0.2, -0.15) is 0 Å². The summed E-state index contributed by atoms with van der Waals surface area (Å²) in [6.45, 7) is 10.3. The van der Waals surface area contributed by atoms with Crippen LogP contribution in [0.4, 0.5) is 0 Å². The highest BCUT2D eigenvalue weighted by atomic mass is 16.6. The number of rotatable bonds is 3. The third kappa shape index (κ3) is 4.64. The van der Waals surface area contributed by atoms with Crippen molar-refractivity contribution in [2.45, 2.75) is 33.3 Å². The van der Waals surface area contributed by atoms with Crippen molar-refractivity contribution < 1.29 is 19.1 Å². The van der Waals surface area contributed by atoms with Crippen molar-refractivity contribution >= 4 is 11.9 Å². The van der Waals surface area contributed by atoms with Crippen LogP contribution >= 0.6 is 0 Å². The van der Waals surface area contributed by atoms with E-state index in [0.29, 0.717) is 0 Å². The van der Waals surface area contributed by atoms with Gasteiger partial charge in [0.05, 0.1) is 6.61 Å². The van der Waals surface area contributed by atoms with Gasteiger partial charge < -0.3 is 9.47 Å². The molecule has 0 fully saturated rings. The molecule has 0 aromatic carbocycles. The quantitative estimate of drug-likeness (QED) is 0.299. The highest BCUT2D eigenvalue weighted by molar-refractivity contribution is 6.13. The standard InChI is InChI=1S/C10H16O4/c1-6-13-8(11)7(2)9(12)14-10(3,4)5/h2,6H2,1,3-5H3. The zero-order valence-electron chi connectivity index (χ0n) is 9.05. The van der Waals surface area contributed by atoms with Crippen molar-refractivity contribution in [3.05, 3.63) is 12.2 Å². The molecule has 0 saturated heterocycles. The van der Waals surface area contributed by atoms with Crippen LogP contribution in [0.25, 0.3) is 0 Å². The highest BCUT2D eigenvalue weighted by Crippen LogP contribution is 2.10. The van der Waals surface area contributed by atoms with E-state index in [0.717, 1.165) is 0 Å². The van der Waals surface area contributed by atoms with Crippen molar-refractivity contribution in [2.24, 2.45) is 0 Å². The molecule has 0 spiro atoms. The average molecular weight is 200 g/mol. The van der Waals surface area contributed by atoms with Crippen molar-refractivity contribution in [1.82, 2.24) is 0 Å². The summed E-state index contributed by atoms with van der Waals surface area (Å²) in [6.07, 6.45) is 0. The molecule has 0 amide bonds. The number of hydrogen-bond donors (Lipinski definition) is 0. The van der Waals surface area contributed by atoms with E-state index in [9.17, 15) is 9.59 Å². The molecule has 0 aromatic heterocycles. The first-order chi connectivity index (χ1) is 6.28. The van der Waals surface area contributed by atoms with E-state index in [4.69, 9.17) is 4.74 Å². The second kappa shape index (κ2) is 4.79. The number of hydrogen-bond acceptors (Lipinski definition) is 4. The van der Waals surface area contributed by atoms with Gasteiger partial charge in [0.1, 0.15) is 11.2 Å². The lowest BCUT2D eigenvalue weighted by atomic mass is 10.2. The van der Waals surface area contributed by atoms with Gasteiger partial charge in [-0.25, -0.2) is 9.59 Å². The third-order valence-corrected chi connectivity index (χ3v) is 1.17. The molecule has 0 heterocycles. The Balaban J connectivity index is 4.27. The maximum Gasteiger partial charge on any atom is 0.345 e. The van der Waals surface area contributed by atoms with Gasteiger partial charge in [0.2, 0.25) is 0 Å². The minimum Gasteiger partial charge on any atom is -0.462 e. The van der Waals surface area contributed by atoms with Crippen LogP contribution in [0.2, 0.25) is 0 Å². The second-order valence-corrected chi connectivity index (χ2v) is 3.70. The molecule has 0 aliphatic rings. The van der Waals surface area contributed by atoms with Gasteiger partial charge in [-0.3, -0.25) is 0 Å². The van der Waals surface area contributed by atoms with E-state index in [-0.39, 0.29) is 12.2 Å². The largest absolute Gasteiger partial charge is 0.462 e.